The second-order valence-corrected chi connectivity index (χ2v) is 5.31. The van der Waals surface area contributed by atoms with E-state index in [0.29, 0.717) is 6.42 Å². The fourth-order valence-electron chi connectivity index (χ4n) is 2.66. The molecule has 0 atom stereocenters. The van der Waals surface area contributed by atoms with Crippen LogP contribution in [0.3, 0.4) is 0 Å². The predicted octanol–water partition coefficient (Wildman–Crippen LogP) is 7.11. The molecular formula is C24H37IN2O. The van der Waals surface area contributed by atoms with Crippen molar-refractivity contribution in [1.29, 1.82) is 0 Å². The number of fused-ring (bicyclic) bond motifs is 2. The molecule has 28 heavy (non-hydrogen) atoms. The molecule has 1 amide bonds. The van der Waals surface area contributed by atoms with Gasteiger partial charge in [-0.15, -0.1) is 0 Å². The summed E-state index contributed by atoms with van der Waals surface area (Å²) < 4.78 is 0. The SMILES string of the molecule is C.C=C1Cc2ccccc2N1C.CC.CC.CI.O=C1Cc2ccccc2N1. The highest BCUT2D eigenvalue weighted by molar-refractivity contribution is 14.1. The summed E-state index contributed by atoms with van der Waals surface area (Å²) in [5.74, 6) is 0.0983. The zero-order valence-corrected chi connectivity index (χ0v) is 19.6. The molecule has 0 aromatic heterocycles. The van der Waals surface area contributed by atoms with E-state index in [0.717, 1.165) is 17.7 Å². The molecule has 4 rings (SSSR count). The van der Waals surface area contributed by atoms with Crippen LogP contribution in [0.5, 0.6) is 0 Å². The van der Waals surface area contributed by atoms with Crippen molar-refractivity contribution in [3.63, 3.8) is 0 Å². The molecule has 0 saturated carbocycles. The van der Waals surface area contributed by atoms with Crippen LogP contribution in [-0.2, 0) is 17.6 Å². The molecule has 2 aromatic rings. The average Bonchev–Trinajstić information content (AvgIpc) is 3.26. The average molecular weight is 496 g/mol. The van der Waals surface area contributed by atoms with Crippen molar-refractivity contribution in [3.05, 3.63) is 71.9 Å². The van der Waals surface area contributed by atoms with Crippen molar-refractivity contribution in [3.8, 4) is 0 Å². The molecule has 4 heteroatoms. The van der Waals surface area contributed by atoms with Crippen LogP contribution in [0.15, 0.2) is 60.8 Å². The zero-order valence-electron chi connectivity index (χ0n) is 17.5. The van der Waals surface area contributed by atoms with Gasteiger partial charge < -0.3 is 10.2 Å². The zero-order chi connectivity index (χ0) is 20.8. The largest absolute Gasteiger partial charge is 0.348 e. The topological polar surface area (TPSA) is 32.3 Å². The molecule has 0 saturated heterocycles. The van der Waals surface area contributed by atoms with E-state index in [1.54, 1.807) is 0 Å². The van der Waals surface area contributed by atoms with Gasteiger partial charge in [0, 0.05) is 30.5 Å². The highest BCUT2D eigenvalue weighted by Gasteiger charge is 2.17. The Hall–Kier alpha value is -1.82. The number of anilines is 2. The summed E-state index contributed by atoms with van der Waals surface area (Å²) in [5, 5.41) is 2.76. The third kappa shape index (κ3) is 8.05. The second-order valence-electron chi connectivity index (χ2n) is 5.31. The molecule has 0 radical (unpaired) electrons. The van der Waals surface area contributed by atoms with Crippen LogP contribution in [-0.4, -0.2) is 17.9 Å². The normalized spacial score (nSPS) is 11.9. The molecule has 0 aliphatic carbocycles. The Morgan fingerprint density at radius 1 is 0.893 bits per heavy atom. The van der Waals surface area contributed by atoms with Crippen LogP contribution in [0.1, 0.15) is 46.2 Å². The Morgan fingerprint density at radius 2 is 1.39 bits per heavy atom. The number of nitrogens with zero attached hydrogens (tertiary/aromatic N) is 1. The summed E-state index contributed by atoms with van der Waals surface area (Å²) in [6, 6.07) is 16.2. The molecule has 0 spiro atoms. The minimum absolute atomic E-state index is 0. The number of likely N-dealkylation sites (N-methyl/N-ethyl adjacent to an activating group) is 1. The van der Waals surface area contributed by atoms with Crippen LogP contribution in [0.25, 0.3) is 0 Å². The molecule has 0 unspecified atom stereocenters. The number of benzene rings is 2. The van der Waals surface area contributed by atoms with Crippen molar-refractivity contribution in [2.75, 3.05) is 22.2 Å². The number of alkyl halides is 1. The summed E-state index contributed by atoms with van der Waals surface area (Å²) in [4.78, 5) is 14.9. The van der Waals surface area contributed by atoms with E-state index >= 15 is 0 Å². The van der Waals surface area contributed by atoms with E-state index in [1.807, 2.05) is 56.9 Å². The van der Waals surface area contributed by atoms with E-state index in [9.17, 15) is 4.79 Å². The highest BCUT2D eigenvalue weighted by atomic mass is 127. The molecule has 2 aromatic carbocycles. The number of hydrogen-bond acceptors (Lipinski definition) is 2. The first-order chi connectivity index (χ1) is 13.1. The molecule has 0 fully saturated rings. The quantitative estimate of drug-likeness (QED) is 0.311. The van der Waals surface area contributed by atoms with Gasteiger partial charge in [-0.2, -0.15) is 0 Å². The number of halogens is 1. The Morgan fingerprint density at radius 3 is 1.93 bits per heavy atom. The molecule has 2 heterocycles. The van der Waals surface area contributed by atoms with Crippen molar-refractivity contribution in [2.24, 2.45) is 0 Å². The van der Waals surface area contributed by atoms with Crippen molar-refractivity contribution in [2.45, 2.75) is 48.0 Å². The summed E-state index contributed by atoms with van der Waals surface area (Å²) in [6.45, 7) is 12.0. The van der Waals surface area contributed by atoms with E-state index in [-0.39, 0.29) is 13.3 Å². The predicted molar refractivity (Wildman–Crippen MR) is 136 cm³/mol. The molecular weight excluding hydrogens is 459 g/mol. The van der Waals surface area contributed by atoms with Gasteiger partial charge in [0.2, 0.25) is 5.91 Å². The van der Waals surface area contributed by atoms with E-state index in [2.05, 4.69) is 70.7 Å². The Balaban J connectivity index is 0. The summed E-state index contributed by atoms with van der Waals surface area (Å²) >= 11 is 2.15. The second kappa shape index (κ2) is 16.2. The highest BCUT2D eigenvalue weighted by Crippen LogP contribution is 2.31. The molecule has 3 nitrogen and oxygen atoms in total. The van der Waals surface area contributed by atoms with Crippen LogP contribution in [0, 0.1) is 0 Å². The smallest absolute Gasteiger partial charge is 0.228 e. The first-order valence-corrected chi connectivity index (χ1v) is 11.6. The number of rotatable bonds is 0. The maximum Gasteiger partial charge on any atom is 0.228 e. The number of carbonyl (C=O) groups is 1. The van der Waals surface area contributed by atoms with Gasteiger partial charge in [0.15, 0.2) is 0 Å². The molecule has 1 N–H and O–H groups in total. The fraction of sp³-hybridized carbons (Fsp3) is 0.375. The lowest BCUT2D eigenvalue weighted by Crippen LogP contribution is -2.09. The summed E-state index contributed by atoms with van der Waals surface area (Å²) in [7, 11) is 2.06. The minimum Gasteiger partial charge on any atom is -0.348 e. The van der Waals surface area contributed by atoms with Gasteiger partial charge >= 0.3 is 0 Å². The van der Waals surface area contributed by atoms with Gasteiger partial charge in [-0.3, -0.25) is 4.79 Å². The third-order valence-electron chi connectivity index (χ3n) is 3.86. The lowest BCUT2D eigenvalue weighted by atomic mass is 10.2. The number of allylic oxidation sites excluding steroid dienone is 1. The molecule has 2 aliphatic rings. The number of nitrogens with one attached hydrogen (secondary N) is 1. The number of carbonyl (C=O) groups excluding carboxylic acids is 1. The lowest BCUT2D eigenvalue weighted by molar-refractivity contribution is -0.115. The Kier molecular flexibility index (Phi) is 16.4. The molecule has 156 valence electrons. The van der Waals surface area contributed by atoms with E-state index in [4.69, 9.17) is 0 Å². The minimum atomic E-state index is 0. The number of amides is 1. The maximum absolute atomic E-state index is 10.8. The Labute approximate surface area is 186 Å². The van der Waals surface area contributed by atoms with Crippen molar-refractivity contribution in [1.82, 2.24) is 0 Å². The number of para-hydroxylation sites is 2. The van der Waals surface area contributed by atoms with Gasteiger partial charge in [0.25, 0.3) is 0 Å². The molecule has 0 bridgehead atoms. The van der Waals surface area contributed by atoms with Crippen LogP contribution < -0.4 is 10.2 Å². The van der Waals surface area contributed by atoms with E-state index in [1.165, 1.54) is 16.9 Å². The Bertz CT molecular complexity index is 686. The van der Waals surface area contributed by atoms with Crippen LogP contribution in [0.2, 0.25) is 0 Å². The lowest BCUT2D eigenvalue weighted by Gasteiger charge is -2.12. The first-order valence-electron chi connectivity index (χ1n) is 9.40. The van der Waals surface area contributed by atoms with E-state index < -0.39 is 0 Å². The van der Waals surface area contributed by atoms with Crippen molar-refractivity contribution < 1.29 is 4.79 Å². The maximum atomic E-state index is 10.8. The monoisotopic (exact) mass is 496 g/mol. The van der Waals surface area contributed by atoms with Gasteiger partial charge in [-0.1, -0.05) is 101 Å². The van der Waals surface area contributed by atoms with Gasteiger partial charge in [0.05, 0.1) is 6.42 Å². The first kappa shape index (κ1) is 28.4. The van der Waals surface area contributed by atoms with Crippen LogP contribution in [0.4, 0.5) is 11.4 Å². The van der Waals surface area contributed by atoms with Crippen LogP contribution >= 0.6 is 22.6 Å². The fourth-order valence-corrected chi connectivity index (χ4v) is 2.66. The standard InChI is InChI=1S/C10H11N.C8H7NO.2C2H6.CH3I.CH4/c1-8-7-9-5-3-4-6-10(9)11(8)2;10-8-5-6-3-1-2-4-7(6)9-8;3*1-2;/h3-6H,1,7H2,2H3;1-4H,5H2,(H,9,10);2*1-2H3;1H3;1H4. The number of hydrogen-bond donors (Lipinski definition) is 1. The third-order valence-corrected chi connectivity index (χ3v) is 3.86. The summed E-state index contributed by atoms with van der Waals surface area (Å²) in [6.07, 6.45) is 1.54. The van der Waals surface area contributed by atoms with Crippen molar-refractivity contribution >= 4 is 39.9 Å². The van der Waals surface area contributed by atoms with Gasteiger partial charge in [-0.05, 0) is 28.2 Å². The van der Waals surface area contributed by atoms with Gasteiger partial charge in [0.1, 0.15) is 0 Å². The van der Waals surface area contributed by atoms with Gasteiger partial charge in [-0.25, -0.2) is 0 Å². The molecule has 2 aliphatic heterocycles. The summed E-state index contributed by atoms with van der Waals surface area (Å²) in [5.41, 5.74) is 5.95.